The molecule has 2 aliphatic heterocycles. The zero-order valence-corrected chi connectivity index (χ0v) is 16.6. The zero-order chi connectivity index (χ0) is 19.8. The molecule has 1 saturated heterocycles. The van der Waals surface area contributed by atoms with E-state index in [1.165, 1.54) is 6.42 Å². The van der Waals surface area contributed by atoms with Crippen molar-refractivity contribution in [3.63, 3.8) is 0 Å². The second-order valence-corrected chi connectivity index (χ2v) is 7.73. The van der Waals surface area contributed by atoms with Gasteiger partial charge in [0.25, 0.3) is 11.8 Å². The maximum absolute atomic E-state index is 13.0. The van der Waals surface area contributed by atoms with E-state index in [-0.39, 0.29) is 23.9 Å². The van der Waals surface area contributed by atoms with Crippen molar-refractivity contribution >= 4 is 28.9 Å². The van der Waals surface area contributed by atoms with Crippen LogP contribution >= 0.6 is 0 Å². The minimum Gasteiger partial charge on any atom is -0.333 e. The molecule has 0 N–H and O–H groups in total. The first-order chi connectivity index (χ1) is 13.5. The van der Waals surface area contributed by atoms with Crippen molar-refractivity contribution in [3.8, 4) is 0 Å². The molecule has 2 heterocycles. The number of hydrogen-bond donors (Lipinski definition) is 0. The van der Waals surface area contributed by atoms with E-state index in [4.69, 9.17) is 0 Å². The Morgan fingerprint density at radius 3 is 2.32 bits per heavy atom. The van der Waals surface area contributed by atoms with Crippen molar-refractivity contribution in [2.45, 2.75) is 45.2 Å². The number of nitrogens with zero attached hydrogens (tertiary/aromatic N) is 3. The molecule has 5 nitrogen and oxygen atoms in total. The van der Waals surface area contributed by atoms with Gasteiger partial charge in [0, 0.05) is 30.3 Å². The fraction of sp³-hybridized carbons (Fsp3) is 0.348. The normalized spacial score (nSPS) is 23.2. The molecule has 0 unspecified atom stereocenters. The van der Waals surface area contributed by atoms with Crippen LogP contribution in [-0.4, -0.2) is 41.6 Å². The number of benzene rings is 2. The van der Waals surface area contributed by atoms with Crippen LogP contribution in [0.2, 0.25) is 0 Å². The summed E-state index contributed by atoms with van der Waals surface area (Å²) in [6.45, 7) is 4.24. The van der Waals surface area contributed by atoms with Crippen LogP contribution in [0.15, 0.2) is 53.5 Å². The van der Waals surface area contributed by atoms with E-state index in [1.54, 1.807) is 11.9 Å². The number of anilines is 1. The van der Waals surface area contributed by atoms with E-state index < -0.39 is 0 Å². The number of amides is 2. The summed E-state index contributed by atoms with van der Waals surface area (Å²) in [6.07, 6.45) is 3.28. The van der Waals surface area contributed by atoms with Crippen LogP contribution in [0.25, 0.3) is 0 Å². The van der Waals surface area contributed by atoms with Crippen molar-refractivity contribution in [1.82, 2.24) is 4.90 Å². The van der Waals surface area contributed by atoms with Crippen molar-refractivity contribution in [2.24, 2.45) is 4.99 Å². The molecule has 0 bridgehead atoms. The third kappa shape index (κ3) is 3.11. The van der Waals surface area contributed by atoms with Gasteiger partial charge in [-0.05, 0) is 63.4 Å². The number of fused-ring (bicyclic) bond motifs is 1. The Morgan fingerprint density at radius 1 is 1.00 bits per heavy atom. The maximum atomic E-state index is 13.0. The highest BCUT2D eigenvalue weighted by Gasteiger charge is 2.31. The molecule has 2 atom stereocenters. The first-order valence-electron chi connectivity index (χ1n) is 9.86. The lowest BCUT2D eigenvalue weighted by atomic mass is 9.96. The van der Waals surface area contributed by atoms with Crippen LogP contribution in [0, 0.1) is 0 Å². The number of piperidine rings is 1. The summed E-state index contributed by atoms with van der Waals surface area (Å²) in [4.78, 5) is 33.7. The van der Waals surface area contributed by atoms with Gasteiger partial charge in [-0.1, -0.05) is 18.2 Å². The van der Waals surface area contributed by atoms with Gasteiger partial charge in [-0.15, -0.1) is 0 Å². The summed E-state index contributed by atoms with van der Waals surface area (Å²) >= 11 is 0. The number of para-hydroxylation sites is 1. The van der Waals surface area contributed by atoms with Gasteiger partial charge in [0.15, 0.2) is 0 Å². The smallest absolute Gasteiger partial charge is 0.277 e. The largest absolute Gasteiger partial charge is 0.333 e. The van der Waals surface area contributed by atoms with Crippen molar-refractivity contribution in [1.29, 1.82) is 0 Å². The van der Waals surface area contributed by atoms with E-state index in [2.05, 4.69) is 18.8 Å². The predicted octanol–water partition coefficient (Wildman–Crippen LogP) is 4.19. The highest BCUT2D eigenvalue weighted by Crippen LogP contribution is 2.30. The summed E-state index contributed by atoms with van der Waals surface area (Å²) in [6, 6.07) is 15.4. The number of carbonyl (C=O) groups excluding carboxylic acids is 2. The molecule has 0 saturated carbocycles. The third-order valence-electron chi connectivity index (χ3n) is 5.81. The van der Waals surface area contributed by atoms with Crippen molar-refractivity contribution in [2.75, 3.05) is 11.9 Å². The topological polar surface area (TPSA) is 53.0 Å². The lowest BCUT2D eigenvalue weighted by Gasteiger charge is -2.39. The molecule has 2 aromatic rings. The Labute approximate surface area is 165 Å². The van der Waals surface area contributed by atoms with Gasteiger partial charge >= 0.3 is 0 Å². The van der Waals surface area contributed by atoms with Crippen LogP contribution in [0.1, 0.15) is 49.0 Å². The molecule has 0 aromatic heterocycles. The minimum absolute atomic E-state index is 0.0703. The van der Waals surface area contributed by atoms with Crippen LogP contribution in [-0.2, 0) is 4.79 Å². The number of hydrogen-bond acceptors (Lipinski definition) is 3. The molecule has 2 aliphatic rings. The molecular formula is C23H25N3O2. The first kappa shape index (κ1) is 18.4. The monoisotopic (exact) mass is 375 g/mol. The predicted molar refractivity (Wildman–Crippen MR) is 111 cm³/mol. The van der Waals surface area contributed by atoms with Crippen molar-refractivity contribution < 1.29 is 9.59 Å². The Hall–Kier alpha value is -2.95. The minimum atomic E-state index is -0.114. The van der Waals surface area contributed by atoms with Gasteiger partial charge in [0.05, 0.1) is 11.4 Å². The summed E-state index contributed by atoms with van der Waals surface area (Å²) in [5.41, 5.74) is 3.48. The Bertz CT molecular complexity index is 939. The number of carbonyl (C=O) groups is 2. The Kier molecular flexibility index (Phi) is 4.75. The van der Waals surface area contributed by atoms with Crippen LogP contribution in [0.4, 0.5) is 11.4 Å². The van der Waals surface area contributed by atoms with Gasteiger partial charge in [-0.25, -0.2) is 4.99 Å². The summed E-state index contributed by atoms with van der Waals surface area (Å²) in [7, 11) is 1.76. The van der Waals surface area contributed by atoms with E-state index in [1.807, 2.05) is 53.4 Å². The summed E-state index contributed by atoms with van der Waals surface area (Å²) < 4.78 is 0. The molecule has 2 aromatic carbocycles. The standard InChI is InChI=1S/C23H25N3O2/c1-15-7-6-8-16(2)26(15)22(27)17-11-13-18(14-12-17)24-21-19-9-4-5-10-20(19)25(3)23(21)28/h4-5,9-16H,6-8H2,1-3H3/t15-,16+. The fourth-order valence-corrected chi connectivity index (χ4v) is 4.24. The summed E-state index contributed by atoms with van der Waals surface area (Å²) in [5.74, 6) is -0.0433. The molecular weight excluding hydrogens is 350 g/mol. The van der Waals surface area contributed by atoms with Crippen LogP contribution < -0.4 is 4.90 Å². The zero-order valence-electron chi connectivity index (χ0n) is 16.6. The quantitative estimate of drug-likeness (QED) is 0.790. The Morgan fingerprint density at radius 2 is 1.64 bits per heavy atom. The highest BCUT2D eigenvalue weighted by molar-refractivity contribution is 6.54. The third-order valence-corrected chi connectivity index (χ3v) is 5.81. The van der Waals surface area contributed by atoms with Gasteiger partial charge in [0.2, 0.25) is 0 Å². The molecule has 5 heteroatoms. The fourth-order valence-electron chi connectivity index (χ4n) is 4.24. The van der Waals surface area contributed by atoms with Crippen LogP contribution in [0.5, 0.6) is 0 Å². The second kappa shape index (κ2) is 7.23. The second-order valence-electron chi connectivity index (χ2n) is 7.73. The number of likely N-dealkylation sites (tertiary alicyclic amines) is 1. The Balaban J connectivity index is 1.60. The van der Waals surface area contributed by atoms with Gasteiger partial charge in [-0.2, -0.15) is 0 Å². The molecule has 144 valence electrons. The van der Waals surface area contributed by atoms with Gasteiger partial charge < -0.3 is 9.80 Å². The van der Waals surface area contributed by atoms with E-state index >= 15 is 0 Å². The van der Waals surface area contributed by atoms with E-state index in [0.717, 1.165) is 24.1 Å². The van der Waals surface area contributed by atoms with Gasteiger partial charge in [0.1, 0.15) is 5.71 Å². The van der Waals surface area contributed by atoms with Gasteiger partial charge in [-0.3, -0.25) is 9.59 Å². The van der Waals surface area contributed by atoms with Crippen molar-refractivity contribution in [3.05, 3.63) is 59.7 Å². The lowest BCUT2D eigenvalue weighted by molar-refractivity contribution is -0.111. The summed E-state index contributed by atoms with van der Waals surface area (Å²) in [5, 5.41) is 0. The molecule has 4 rings (SSSR count). The molecule has 0 spiro atoms. The SMILES string of the molecule is C[C@@H]1CCC[C@H](C)N1C(=O)c1ccc(N=C2C(=O)N(C)c3ccccc32)cc1. The van der Waals surface area contributed by atoms with Crippen LogP contribution in [0.3, 0.4) is 0 Å². The average molecular weight is 375 g/mol. The first-order valence-corrected chi connectivity index (χ1v) is 9.86. The number of aliphatic imine (C=N–C) groups is 1. The highest BCUT2D eigenvalue weighted by atomic mass is 16.2. The lowest BCUT2D eigenvalue weighted by Crippen LogP contribution is -2.47. The van der Waals surface area contributed by atoms with E-state index in [0.29, 0.717) is 17.0 Å². The molecule has 0 aliphatic carbocycles. The molecule has 1 fully saturated rings. The maximum Gasteiger partial charge on any atom is 0.277 e. The molecule has 0 radical (unpaired) electrons. The average Bonchev–Trinajstić information content (AvgIpc) is 2.93. The number of rotatable bonds is 2. The number of likely N-dealkylation sites (N-methyl/N-ethyl adjacent to an activating group) is 1. The molecule has 2 amide bonds. The molecule has 28 heavy (non-hydrogen) atoms. The van der Waals surface area contributed by atoms with E-state index in [9.17, 15) is 9.59 Å².